The highest BCUT2D eigenvalue weighted by atomic mass is 79.9. The number of aryl methyl sites for hydroxylation is 1. The van der Waals surface area contributed by atoms with Crippen molar-refractivity contribution in [1.29, 1.82) is 0 Å². The van der Waals surface area contributed by atoms with E-state index in [9.17, 15) is 4.79 Å². The Morgan fingerprint density at radius 2 is 1.97 bits per heavy atom. The molecule has 4 nitrogen and oxygen atoms in total. The van der Waals surface area contributed by atoms with Gasteiger partial charge in [0.25, 0.3) is 5.91 Å². The highest BCUT2D eigenvalue weighted by Crippen LogP contribution is 2.23. The standard InChI is InChI=1S/C23H27BrClN3O/c1-3-5-6-13-27(23(29)17-8-7-9-18(24)14-17)16-22-26-20-11-10-19(25)15-21(20)28(22)12-4-2/h7-11,14-15H,3-6,12-13,16H2,1-2H3. The molecular weight excluding hydrogens is 450 g/mol. The fraction of sp³-hybridized carbons (Fsp3) is 0.391. The Balaban J connectivity index is 1.94. The van der Waals surface area contributed by atoms with Crippen LogP contribution in [0.3, 0.4) is 0 Å². The molecule has 0 bridgehead atoms. The highest BCUT2D eigenvalue weighted by Gasteiger charge is 2.20. The predicted molar refractivity (Wildman–Crippen MR) is 123 cm³/mol. The fourth-order valence-electron chi connectivity index (χ4n) is 3.52. The second-order valence-electron chi connectivity index (χ2n) is 7.26. The zero-order chi connectivity index (χ0) is 20.8. The van der Waals surface area contributed by atoms with Gasteiger partial charge in [0.05, 0.1) is 17.6 Å². The quantitative estimate of drug-likeness (QED) is 0.322. The zero-order valence-electron chi connectivity index (χ0n) is 17.0. The maximum Gasteiger partial charge on any atom is 0.254 e. The van der Waals surface area contributed by atoms with Gasteiger partial charge >= 0.3 is 0 Å². The summed E-state index contributed by atoms with van der Waals surface area (Å²) in [4.78, 5) is 20.0. The van der Waals surface area contributed by atoms with E-state index >= 15 is 0 Å². The summed E-state index contributed by atoms with van der Waals surface area (Å²) >= 11 is 9.70. The molecule has 1 heterocycles. The Morgan fingerprint density at radius 3 is 2.69 bits per heavy atom. The maximum atomic E-state index is 13.3. The molecule has 0 aliphatic rings. The molecule has 29 heavy (non-hydrogen) atoms. The molecule has 0 saturated heterocycles. The molecule has 0 fully saturated rings. The van der Waals surface area contributed by atoms with Crippen molar-refractivity contribution in [3.05, 3.63) is 63.3 Å². The SMILES string of the molecule is CCCCCN(Cc1nc2ccc(Cl)cc2n1CCC)C(=O)c1cccc(Br)c1. The summed E-state index contributed by atoms with van der Waals surface area (Å²) in [5.41, 5.74) is 2.64. The number of halogens is 2. The molecule has 0 radical (unpaired) electrons. The van der Waals surface area contributed by atoms with Crippen molar-refractivity contribution in [1.82, 2.24) is 14.5 Å². The van der Waals surface area contributed by atoms with Gasteiger partial charge in [-0.25, -0.2) is 4.98 Å². The number of imidazole rings is 1. The minimum atomic E-state index is 0.0375. The summed E-state index contributed by atoms with van der Waals surface area (Å²) in [7, 11) is 0. The molecule has 0 spiro atoms. The third-order valence-electron chi connectivity index (χ3n) is 4.96. The van der Waals surface area contributed by atoms with E-state index in [4.69, 9.17) is 16.6 Å². The highest BCUT2D eigenvalue weighted by molar-refractivity contribution is 9.10. The van der Waals surface area contributed by atoms with Crippen molar-refractivity contribution < 1.29 is 4.79 Å². The number of nitrogens with zero attached hydrogens (tertiary/aromatic N) is 3. The molecule has 2 aromatic carbocycles. The van der Waals surface area contributed by atoms with Crippen LogP contribution in [0, 0.1) is 0 Å². The van der Waals surface area contributed by atoms with E-state index in [0.29, 0.717) is 17.1 Å². The van der Waals surface area contributed by atoms with Crippen molar-refractivity contribution in [2.45, 2.75) is 52.6 Å². The Morgan fingerprint density at radius 1 is 1.14 bits per heavy atom. The van der Waals surface area contributed by atoms with Crippen LogP contribution in [-0.4, -0.2) is 26.9 Å². The number of hydrogen-bond acceptors (Lipinski definition) is 2. The smallest absolute Gasteiger partial charge is 0.254 e. The van der Waals surface area contributed by atoms with Gasteiger partial charge < -0.3 is 9.47 Å². The van der Waals surface area contributed by atoms with Crippen molar-refractivity contribution >= 4 is 44.5 Å². The third kappa shape index (κ3) is 5.40. The molecule has 0 atom stereocenters. The number of benzene rings is 2. The molecule has 3 rings (SSSR count). The lowest BCUT2D eigenvalue weighted by molar-refractivity contribution is 0.0734. The first-order chi connectivity index (χ1) is 14.0. The Hall–Kier alpha value is -1.85. The molecule has 0 saturated carbocycles. The minimum absolute atomic E-state index is 0.0375. The van der Waals surface area contributed by atoms with Crippen LogP contribution in [0.2, 0.25) is 5.02 Å². The van der Waals surface area contributed by atoms with E-state index in [-0.39, 0.29) is 5.91 Å². The number of rotatable bonds is 9. The van der Waals surface area contributed by atoms with Gasteiger partial charge in [0.15, 0.2) is 0 Å². The molecule has 0 aliphatic carbocycles. The lowest BCUT2D eigenvalue weighted by Gasteiger charge is -2.23. The molecule has 6 heteroatoms. The van der Waals surface area contributed by atoms with Gasteiger partial charge in [-0.1, -0.05) is 60.3 Å². The molecule has 0 unspecified atom stereocenters. The fourth-order valence-corrected chi connectivity index (χ4v) is 4.09. The number of unbranched alkanes of at least 4 members (excludes halogenated alkanes) is 2. The molecule has 0 N–H and O–H groups in total. The maximum absolute atomic E-state index is 13.3. The second kappa shape index (κ2) is 10.3. The van der Waals surface area contributed by atoms with E-state index < -0.39 is 0 Å². The van der Waals surface area contributed by atoms with Gasteiger partial charge in [-0.05, 0) is 49.2 Å². The number of carbonyl (C=O) groups is 1. The summed E-state index contributed by atoms with van der Waals surface area (Å²) in [6.07, 6.45) is 4.19. The number of carbonyl (C=O) groups excluding carboxylic acids is 1. The predicted octanol–water partition coefficient (Wildman–Crippen LogP) is 6.69. The third-order valence-corrected chi connectivity index (χ3v) is 5.69. The Bertz CT molecular complexity index is 985. The minimum Gasteiger partial charge on any atom is -0.331 e. The van der Waals surface area contributed by atoms with Crippen molar-refractivity contribution in [3.8, 4) is 0 Å². The van der Waals surface area contributed by atoms with Crippen molar-refractivity contribution in [3.63, 3.8) is 0 Å². The second-order valence-corrected chi connectivity index (χ2v) is 8.61. The van der Waals surface area contributed by atoms with Crippen LogP contribution in [0.1, 0.15) is 55.7 Å². The lowest BCUT2D eigenvalue weighted by atomic mass is 10.1. The first-order valence-corrected chi connectivity index (χ1v) is 11.4. The average molecular weight is 477 g/mol. The number of amides is 1. The van der Waals surface area contributed by atoms with E-state index in [1.807, 2.05) is 47.4 Å². The number of fused-ring (bicyclic) bond motifs is 1. The first-order valence-electron chi connectivity index (χ1n) is 10.2. The van der Waals surface area contributed by atoms with Gasteiger partial charge in [0.1, 0.15) is 5.82 Å². The van der Waals surface area contributed by atoms with Crippen LogP contribution in [-0.2, 0) is 13.1 Å². The van der Waals surface area contributed by atoms with E-state index in [0.717, 1.165) is 60.1 Å². The first kappa shape index (κ1) is 21.8. The van der Waals surface area contributed by atoms with Gasteiger partial charge in [-0.2, -0.15) is 0 Å². The summed E-state index contributed by atoms with van der Waals surface area (Å²) in [5.74, 6) is 0.944. The van der Waals surface area contributed by atoms with Crippen molar-refractivity contribution in [2.75, 3.05) is 6.54 Å². The van der Waals surface area contributed by atoms with Crippen LogP contribution in [0.4, 0.5) is 0 Å². The monoisotopic (exact) mass is 475 g/mol. The van der Waals surface area contributed by atoms with Crippen LogP contribution >= 0.6 is 27.5 Å². The van der Waals surface area contributed by atoms with Crippen LogP contribution in [0.15, 0.2) is 46.9 Å². The average Bonchev–Trinajstić information content (AvgIpc) is 3.03. The van der Waals surface area contributed by atoms with Crippen molar-refractivity contribution in [2.24, 2.45) is 0 Å². The topological polar surface area (TPSA) is 38.1 Å². The summed E-state index contributed by atoms with van der Waals surface area (Å²) < 4.78 is 3.10. The summed E-state index contributed by atoms with van der Waals surface area (Å²) in [6.45, 7) is 6.37. The van der Waals surface area contributed by atoms with Crippen LogP contribution < -0.4 is 0 Å². The molecule has 1 aromatic heterocycles. The summed E-state index contributed by atoms with van der Waals surface area (Å²) in [6, 6.07) is 13.4. The molecular formula is C23H27BrClN3O. The summed E-state index contributed by atoms with van der Waals surface area (Å²) in [5, 5.41) is 0.700. The Kier molecular flexibility index (Phi) is 7.73. The van der Waals surface area contributed by atoms with Gasteiger partial charge in [0, 0.05) is 28.1 Å². The van der Waals surface area contributed by atoms with E-state index in [2.05, 4.69) is 34.3 Å². The molecule has 1 amide bonds. The number of hydrogen-bond donors (Lipinski definition) is 0. The molecule has 3 aromatic rings. The van der Waals surface area contributed by atoms with Gasteiger partial charge in [0.2, 0.25) is 0 Å². The van der Waals surface area contributed by atoms with Gasteiger partial charge in [-0.15, -0.1) is 0 Å². The largest absolute Gasteiger partial charge is 0.331 e. The number of aromatic nitrogens is 2. The van der Waals surface area contributed by atoms with E-state index in [1.165, 1.54) is 0 Å². The zero-order valence-corrected chi connectivity index (χ0v) is 19.3. The molecule has 0 aliphatic heterocycles. The lowest BCUT2D eigenvalue weighted by Crippen LogP contribution is -2.32. The normalized spacial score (nSPS) is 11.2. The molecule has 154 valence electrons. The van der Waals surface area contributed by atoms with Gasteiger partial charge in [-0.3, -0.25) is 4.79 Å². The van der Waals surface area contributed by atoms with E-state index in [1.54, 1.807) is 0 Å². The van der Waals surface area contributed by atoms with Crippen LogP contribution in [0.25, 0.3) is 11.0 Å². The Labute approximate surface area is 186 Å². The van der Waals surface area contributed by atoms with Crippen LogP contribution in [0.5, 0.6) is 0 Å².